The first-order valence-corrected chi connectivity index (χ1v) is 5.83. The maximum absolute atomic E-state index is 11.5. The number of amides is 1. The van der Waals surface area contributed by atoms with Crippen LogP contribution in [-0.2, 0) is 11.3 Å². The van der Waals surface area contributed by atoms with E-state index in [1.54, 1.807) is 16.5 Å². The molecule has 1 amide bonds. The van der Waals surface area contributed by atoms with E-state index >= 15 is 0 Å². The highest BCUT2D eigenvalue weighted by Crippen LogP contribution is 2.01. The highest BCUT2D eigenvalue weighted by Gasteiger charge is 2.08. The van der Waals surface area contributed by atoms with Crippen molar-refractivity contribution in [3.8, 4) is 0 Å². The molecule has 0 saturated heterocycles. The first-order valence-electron chi connectivity index (χ1n) is 4.95. The molecule has 0 N–H and O–H groups in total. The molecule has 0 aromatic carbocycles. The minimum Gasteiger partial charge on any atom is -0.346 e. The summed E-state index contributed by atoms with van der Waals surface area (Å²) in [6, 6.07) is 0. The number of carbonyl (C=O) groups is 1. The van der Waals surface area contributed by atoms with Gasteiger partial charge >= 0.3 is 4.87 Å². The molecule has 4 nitrogen and oxygen atoms in total. The SMILES string of the molecule is CCN(C)C(=O)CCn1c(C)csc1=O. The molecule has 0 radical (unpaired) electrons. The van der Waals surface area contributed by atoms with Gasteiger partial charge in [-0.3, -0.25) is 9.59 Å². The number of hydrogen-bond acceptors (Lipinski definition) is 3. The number of carbonyl (C=O) groups excluding carboxylic acids is 1. The van der Waals surface area contributed by atoms with E-state index < -0.39 is 0 Å². The Hall–Kier alpha value is -1.10. The topological polar surface area (TPSA) is 42.3 Å². The van der Waals surface area contributed by atoms with Gasteiger partial charge in [0.25, 0.3) is 0 Å². The largest absolute Gasteiger partial charge is 0.346 e. The molecular formula is C10H16N2O2S. The summed E-state index contributed by atoms with van der Waals surface area (Å²) in [6.45, 7) is 5.00. The lowest BCUT2D eigenvalue weighted by Crippen LogP contribution is -2.28. The summed E-state index contributed by atoms with van der Waals surface area (Å²) in [5.74, 6) is 0.0787. The van der Waals surface area contributed by atoms with Crippen LogP contribution in [0.25, 0.3) is 0 Å². The van der Waals surface area contributed by atoms with Crippen LogP contribution in [0.3, 0.4) is 0 Å². The second-order valence-electron chi connectivity index (χ2n) is 3.45. The molecule has 0 fully saturated rings. The van der Waals surface area contributed by atoms with Gasteiger partial charge in [-0.1, -0.05) is 11.3 Å². The van der Waals surface area contributed by atoms with Crippen LogP contribution in [0.5, 0.6) is 0 Å². The Balaban J connectivity index is 2.58. The Morgan fingerprint density at radius 3 is 2.73 bits per heavy atom. The molecule has 0 atom stereocenters. The summed E-state index contributed by atoms with van der Waals surface area (Å²) in [7, 11) is 1.77. The number of aromatic nitrogens is 1. The van der Waals surface area contributed by atoms with Crippen molar-refractivity contribution in [1.82, 2.24) is 9.47 Å². The van der Waals surface area contributed by atoms with E-state index in [4.69, 9.17) is 0 Å². The zero-order chi connectivity index (χ0) is 11.4. The average Bonchev–Trinajstić information content (AvgIpc) is 2.54. The molecule has 0 spiro atoms. The van der Waals surface area contributed by atoms with Gasteiger partial charge in [-0.2, -0.15) is 0 Å². The van der Waals surface area contributed by atoms with Gasteiger partial charge in [-0.05, 0) is 13.8 Å². The monoisotopic (exact) mass is 228 g/mol. The van der Waals surface area contributed by atoms with Crippen molar-refractivity contribution in [2.75, 3.05) is 13.6 Å². The number of nitrogens with zero attached hydrogens (tertiary/aromatic N) is 2. The lowest BCUT2D eigenvalue weighted by atomic mass is 10.3. The molecule has 15 heavy (non-hydrogen) atoms. The molecule has 1 aromatic heterocycles. The molecule has 0 unspecified atom stereocenters. The van der Waals surface area contributed by atoms with Crippen molar-refractivity contribution in [2.45, 2.75) is 26.8 Å². The quantitative estimate of drug-likeness (QED) is 0.774. The predicted octanol–water partition coefficient (Wildman–Crippen LogP) is 1.09. The van der Waals surface area contributed by atoms with Crippen LogP contribution in [0.2, 0.25) is 0 Å². The Bertz CT molecular complexity index is 394. The van der Waals surface area contributed by atoms with Crippen molar-refractivity contribution < 1.29 is 4.79 Å². The van der Waals surface area contributed by atoms with Gasteiger partial charge in [0.15, 0.2) is 0 Å². The van der Waals surface area contributed by atoms with Crippen molar-refractivity contribution in [3.63, 3.8) is 0 Å². The van der Waals surface area contributed by atoms with Crippen molar-refractivity contribution in [2.24, 2.45) is 0 Å². The molecule has 5 heteroatoms. The van der Waals surface area contributed by atoms with Crippen LogP contribution in [0, 0.1) is 6.92 Å². The van der Waals surface area contributed by atoms with Crippen LogP contribution < -0.4 is 4.87 Å². The summed E-state index contributed by atoms with van der Waals surface area (Å²) in [5.41, 5.74) is 0.928. The van der Waals surface area contributed by atoms with Crippen molar-refractivity contribution in [3.05, 3.63) is 20.7 Å². The van der Waals surface area contributed by atoms with E-state index in [2.05, 4.69) is 0 Å². The molecule has 84 valence electrons. The van der Waals surface area contributed by atoms with E-state index in [0.29, 0.717) is 19.5 Å². The Labute approximate surface area is 93.1 Å². The maximum atomic E-state index is 11.5. The average molecular weight is 228 g/mol. The Kier molecular flexibility index (Phi) is 4.08. The van der Waals surface area contributed by atoms with Crippen molar-refractivity contribution >= 4 is 17.2 Å². The van der Waals surface area contributed by atoms with Crippen LogP contribution in [0.4, 0.5) is 0 Å². The number of hydrogen-bond donors (Lipinski definition) is 0. The minimum atomic E-state index is 0.0134. The number of aryl methyl sites for hydroxylation is 1. The minimum absolute atomic E-state index is 0.0134. The van der Waals surface area contributed by atoms with E-state index in [-0.39, 0.29) is 10.8 Å². The van der Waals surface area contributed by atoms with E-state index in [9.17, 15) is 9.59 Å². The van der Waals surface area contributed by atoms with Gasteiger partial charge in [0.05, 0.1) is 0 Å². The Morgan fingerprint density at radius 1 is 1.60 bits per heavy atom. The van der Waals surface area contributed by atoms with Crippen molar-refractivity contribution in [1.29, 1.82) is 0 Å². The summed E-state index contributed by atoms with van der Waals surface area (Å²) in [6.07, 6.45) is 0.391. The zero-order valence-corrected chi connectivity index (χ0v) is 10.1. The molecule has 0 aliphatic carbocycles. The van der Waals surface area contributed by atoms with Gasteiger partial charge in [-0.25, -0.2) is 0 Å². The summed E-state index contributed by atoms with van der Waals surface area (Å²) in [4.78, 5) is 24.5. The fourth-order valence-electron chi connectivity index (χ4n) is 1.25. The van der Waals surface area contributed by atoms with E-state index in [0.717, 1.165) is 5.69 Å². The normalized spacial score (nSPS) is 10.3. The molecule has 0 aliphatic heterocycles. The predicted molar refractivity (Wildman–Crippen MR) is 61.2 cm³/mol. The number of rotatable bonds is 4. The fourth-order valence-corrected chi connectivity index (χ4v) is 2.01. The smallest absolute Gasteiger partial charge is 0.307 e. The van der Waals surface area contributed by atoms with Crippen LogP contribution in [0.15, 0.2) is 10.2 Å². The third-order valence-electron chi connectivity index (χ3n) is 2.43. The molecule has 0 saturated carbocycles. The standard InChI is InChI=1S/C10H16N2O2S/c1-4-11(3)9(13)5-6-12-8(2)7-15-10(12)14/h7H,4-6H2,1-3H3. The summed E-state index contributed by atoms with van der Waals surface area (Å²) in [5, 5.41) is 1.82. The molecule has 0 aliphatic rings. The van der Waals surface area contributed by atoms with Gasteiger partial charge < -0.3 is 9.47 Å². The first-order chi connectivity index (χ1) is 7.06. The molecule has 1 rings (SSSR count). The summed E-state index contributed by atoms with van der Waals surface area (Å²) < 4.78 is 1.64. The lowest BCUT2D eigenvalue weighted by molar-refractivity contribution is -0.129. The van der Waals surface area contributed by atoms with Gasteiger partial charge in [-0.15, -0.1) is 0 Å². The van der Waals surface area contributed by atoms with Crippen LogP contribution in [0.1, 0.15) is 19.0 Å². The summed E-state index contributed by atoms with van der Waals surface area (Å²) >= 11 is 1.18. The zero-order valence-electron chi connectivity index (χ0n) is 9.32. The third kappa shape index (κ3) is 2.92. The molecular weight excluding hydrogens is 212 g/mol. The molecule has 0 bridgehead atoms. The van der Waals surface area contributed by atoms with Crippen LogP contribution in [-0.4, -0.2) is 29.0 Å². The molecule has 1 aromatic rings. The highest BCUT2D eigenvalue weighted by molar-refractivity contribution is 7.07. The van der Waals surface area contributed by atoms with E-state index in [1.807, 2.05) is 19.2 Å². The highest BCUT2D eigenvalue weighted by atomic mass is 32.1. The Morgan fingerprint density at radius 2 is 2.27 bits per heavy atom. The number of thiazole rings is 1. The molecule has 1 heterocycles. The van der Waals surface area contributed by atoms with E-state index in [1.165, 1.54) is 11.3 Å². The maximum Gasteiger partial charge on any atom is 0.307 e. The fraction of sp³-hybridized carbons (Fsp3) is 0.600. The van der Waals surface area contributed by atoms with Crippen LogP contribution >= 0.6 is 11.3 Å². The van der Waals surface area contributed by atoms with Gasteiger partial charge in [0.1, 0.15) is 0 Å². The third-order valence-corrected chi connectivity index (χ3v) is 3.31. The van der Waals surface area contributed by atoms with Gasteiger partial charge in [0.2, 0.25) is 5.91 Å². The van der Waals surface area contributed by atoms with Gasteiger partial charge in [0, 0.05) is 37.6 Å². The lowest BCUT2D eigenvalue weighted by Gasteiger charge is -2.14. The second kappa shape index (κ2) is 5.11. The second-order valence-corrected chi connectivity index (χ2v) is 4.27. The first kappa shape index (κ1) is 12.0.